The van der Waals surface area contributed by atoms with Crippen molar-refractivity contribution in [2.24, 2.45) is 4.99 Å². The van der Waals surface area contributed by atoms with Gasteiger partial charge in [-0.05, 0) is 24.1 Å². The molecule has 1 aliphatic rings. The number of aliphatic imine (C=N–C) groups is 1. The second-order valence-electron chi connectivity index (χ2n) is 6.93. The highest BCUT2D eigenvalue weighted by molar-refractivity contribution is 6.31. The lowest BCUT2D eigenvalue weighted by atomic mass is 10.1. The van der Waals surface area contributed by atoms with Crippen LogP contribution >= 0.6 is 11.6 Å². The van der Waals surface area contributed by atoms with Crippen molar-refractivity contribution in [3.05, 3.63) is 53.3 Å². The summed E-state index contributed by atoms with van der Waals surface area (Å²) in [6.45, 7) is 4.10. The number of halogens is 1. The Morgan fingerprint density at radius 1 is 1.07 bits per heavy atom. The normalized spacial score (nSPS) is 14.5. The van der Waals surface area contributed by atoms with Crippen LogP contribution in [0.25, 0.3) is 0 Å². The highest BCUT2D eigenvalue weighted by Gasteiger charge is 2.22. The van der Waals surface area contributed by atoms with Crippen molar-refractivity contribution < 1.29 is 4.79 Å². The van der Waals surface area contributed by atoms with Gasteiger partial charge in [0.05, 0.1) is 0 Å². The molecule has 2 heterocycles. The molecule has 0 atom stereocenters. The van der Waals surface area contributed by atoms with Crippen LogP contribution in [-0.4, -0.2) is 73.1 Å². The SMILES string of the molecule is CN=C(NCCC(=O)N1CCN(c2ncccn2)CC1)NCCc1ccccc1Cl. The quantitative estimate of drug-likeness (QED) is 0.513. The number of aromatic nitrogens is 2. The predicted octanol–water partition coefficient (Wildman–Crippen LogP) is 1.58. The summed E-state index contributed by atoms with van der Waals surface area (Å²) < 4.78 is 0. The van der Waals surface area contributed by atoms with Gasteiger partial charge >= 0.3 is 0 Å². The number of nitrogens with zero attached hydrogens (tertiary/aromatic N) is 5. The smallest absolute Gasteiger partial charge is 0.225 e. The van der Waals surface area contributed by atoms with E-state index >= 15 is 0 Å². The minimum Gasteiger partial charge on any atom is -0.356 e. The van der Waals surface area contributed by atoms with Gasteiger partial charge in [0.15, 0.2) is 5.96 Å². The van der Waals surface area contributed by atoms with Gasteiger partial charge in [-0.2, -0.15) is 0 Å². The summed E-state index contributed by atoms with van der Waals surface area (Å²) in [5.74, 6) is 1.54. The van der Waals surface area contributed by atoms with Gasteiger partial charge in [0.2, 0.25) is 11.9 Å². The Balaban J connectivity index is 1.34. The average molecular weight is 430 g/mol. The predicted molar refractivity (Wildman–Crippen MR) is 120 cm³/mol. The summed E-state index contributed by atoms with van der Waals surface area (Å²) in [6.07, 6.45) is 4.70. The topological polar surface area (TPSA) is 85.8 Å². The molecular weight excluding hydrogens is 402 g/mol. The van der Waals surface area contributed by atoms with Gasteiger partial charge in [0, 0.05) is 70.2 Å². The Morgan fingerprint density at radius 2 is 1.77 bits per heavy atom. The van der Waals surface area contributed by atoms with Crippen LogP contribution in [0.2, 0.25) is 5.02 Å². The number of benzene rings is 1. The number of piperazine rings is 1. The number of rotatable bonds is 7. The van der Waals surface area contributed by atoms with Gasteiger partial charge in [-0.15, -0.1) is 0 Å². The van der Waals surface area contributed by atoms with E-state index in [1.165, 1.54) is 0 Å². The summed E-state index contributed by atoms with van der Waals surface area (Å²) in [6, 6.07) is 9.61. The van der Waals surface area contributed by atoms with E-state index in [-0.39, 0.29) is 5.91 Å². The molecule has 3 rings (SSSR count). The molecule has 0 saturated carbocycles. The maximum absolute atomic E-state index is 12.5. The Morgan fingerprint density at radius 3 is 2.47 bits per heavy atom. The van der Waals surface area contributed by atoms with Gasteiger partial charge < -0.3 is 20.4 Å². The first-order chi connectivity index (χ1) is 14.7. The third-order valence-corrected chi connectivity index (χ3v) is 5.34. The van der Waals surface area contributed by atoms with E-state index in [0.29, 0.717) is 38.6 Å². The zero-order valence-electron chi connectivity index (χ0n) is 17.2. The van der Waals surface area contributed by atoms with Gasteiger partial charge in [-0.3, -0.25) is 9.79 Å². The number of guanidine groups is 1. The van der Waals surface area contributed by atoms with Crippen molar-refractivity contribution in [2.75, 3.05) is 51.2 Å². The molecule has 0 unspecified atom stereocenters. The van der Waals surface area contributed by atoms with E-state index in [1.807, 2.05) is 29.2 Å². The Kier molecular flexibility index (Phi) is 8.26. The van der Waals surface area contributed by atoms with Crippen molar-refractivity contribution >= 4 is 29.4 Å². The molecule has 1 aromatic heterocycles. The van der Waals surface area contributed by atoms with Crippen LogP contribution in [0.15, 0.2) is 47.7 Å². The van der Waals surface area contributed by atoms with E-state index < -0.39 is 0 Å². The fraction of sp³-hybridized carbons (Fsp3) is 0.429. The van der Waals surface area contributed by atoms with Crippen LogP contribution in [0.3, 0.4) is 0 Å². The molecule has 8 nitrogen and oxygen atoms in total. The van der Waals surface area contributed by atoms with Crippen molar-refractivity contribution in [3.8, 4) is 0 Å². The summed E-state index contributed by atoms with van der Waals surface area (Å²) in [7, 11) is 1.72. The summed E-state index contributed by atoms with van der Waals surface area (Å²) >= 11 is 6.18. The van der Waals surface area contributed by atoms with Gasteiger partial charge in [-0.1, -0.05) is 29.8 Å². The molecule has 1 aliphatic heterocycles. The van der Waals surface area contributed by atoms with Crippen LogP contribution in [0, 0.1) is 0 Å². The zero-order valence-corrected chi connectivity index (χ0v) is 18.0. The van der Waals surface area contributed by atoms with Crippen LogP contribution < -0.4 is 15.5 Å². The molecule has 1 aromatic carbocycles. The van der Waals surface area contributed by atoms with E-state index in [2.05, 4.69) is 30.5 Å². The largest absolute Gasteiger partial charge is 0.356 e. The lowest BCUT2D eigenvalue weighted by Crippen LogP contribution is -2.50. The van der Waals surface area contributed by atoms with Crippen molar-refractivity contribution in [2.45, 2.75) is 12.8 Å². The summed E-state index contributed by atoms with van der Waals surface area (Å²) in [4.78, 5) is 29.3. The molecular formula is C21H28ClN7O. The molecule has 1 saturated heterocycles. The van der Waals surface area contributed by atoms with E-state index in [4.69, 9.17) is 11.6 Å². The molecule has 2 aromatic rings. The first-order valence-corrected chi connectivity index (χ1v) is 10.5. The molecule has 0 aliphatic carbocycles. The molecule has 160 valence electrons. The lowest BCUT2D eigenvalue weighted by molar-refractivity contribution is -0.131. The zero-order chi connectivity index (χ0) is 21.2. The Hall–Kier alpha value is -2.87. The van der Waals surface area contributed by atoms with Crippen molar-refractivity contribution in [3.63, 3.8) is 0 Å². The second-order valence-corrected chi connectivity index (χ2v) is 7.34. The van der Waals surface area contributed by atoms with Crippen LogP contribution in [0.1, 0.15) is 12.0 Å². The van der Waals surface area contributed by atoms with E-state index in [0.717, 1.165) is 36.0 Å². The molecule has 1 amide bonds. The first kappa shape index (κ1) is 21.8. The molecule has 9 heteroatoms. The fourth-order valence-corrected chi connectivity index (χ4v) is 3.52. The number of carbonyl (C=O) groups excluding carboxylic acids is 1. The first-order valence-electron chi connectivity index (χ1n) is 10.1. The van der Waals surface area contributed by atoms with Crippen LogP contribution in [0.5, 0.6) is 0 Å². The molecule has 2 N–H and O–H groups in total. The summed E-state index contributed by atoms with van der Waals surface area (Å²) in [5.41, 5.74) is 1.09. The van der Waals surface area contributed by atoms with Crippen molar-refractivity contribution in [1.29, 1.82) is 0 Å². The average Bonchev–Trinajstić information content (AvgIpc) is 2.80. The standard InChI is InChI=1S/C21H28ClN7O/c1-23-20(24-11-7-17-5-2-3-6-18(17)22)25-12-8-19(30)28-13-15-29(16-14-28)21-26-9-4-10-27-21/h2-6,9-10H,7-8,11-16H2,1H3,(H2,23,24,25). The third-order valence-electron chi connectivity index (χ3n) is 4.97. The third kappa shape index (κ3) is 6.32. The van der Waals surface area contributed by atoms with Gasteiger partial charge in [0.1, 0.15) is 0 Å². The number of carbonyl (C=O) groups is 1. The summed E-state index contributed by atoms with van der Waals surface area (Å²) in [5, 5.41) is 7.23. The monoisotopic (exact) mass is 429 g/mol. The highest BCUT2D eigenvalue weighted by atomic mass is 35.5. The number of amides is 1. The van der Waals surface area contributed by atoms with Crippen molar-refractivity contribution in [1.82, 2.24) is 25.5 Å². The number of nitrogens with one attached hydrogen (secondary N) is 2. The number of anilines is 1. The van der Waals surface area contributed by atoms with Gasteiger partial charge in [0.25, 0.3) is 0 Å². The minimum absolute atomic E-state index is 0.141. The maximum atomic E-state index is 12.5. The number of hydrogen-bond donors (Lipinski definition) is 2. The van der Waals surface area contributed by atoms with Gasteiger partial charge in [-0.25, -0.2) is 9.97 Å². The maximum Gasteiger partial charge on any atom is 0.225 e. The van der Waals surface area contributed by atoms with Crippen LogP contribution in [0.4, 0.5) is 5.95 Å². The second kappa shape index (κ2) is 11.3. The van der Waals surface area contributed by atoms with E-state index in [9.17, 15) is 4.79 Å². The molecule has 1 fully saturated rings. The number of hydrogen-bond acceptors (Lipinski definition) is 5. The fourth-order valence-electron chi connectivity index (χ4n) is 3.29. The molecule has 0 radical (unpaired) electrons. The molecule has 0 bridgehead atoms. The van der Waals surface area contributed by atoms with Crippen LogP contribution in [-0.2, 0) is 11.2 Å². The molecule has 30 heavy (non-hydrogen) atoms. The Labute approximate surface area is 182 Å². The lowest BCUT2D eigenvalue weighted by Gasteiger charge is -2.34. The Bertz CT molecular complexity index is 838. The minimum atomic E-state index is 0.141. The highest BCUT2D eigenvalue weighted by Crippen LogP contribution is 2.14. The molecule has 0 spiro atoms. The van der Waals surface area contributed by atoms with E-state index in [1.54, 1.807) is 25.5 Å².